The van der Waals surface area contributed by atoms with Crippen LogP contribution in [0.5, 0.6) is 5.75 Å². The SMILES string of the molecule is O=C(O)COc1cccc(C(=O)NC[C@@]2(O)CCCN(c3ccnc4cccnc34)C2)c1. The Morgan fingerprint density at radius 2 is 2.03 bits per heavy atom. The van der Waals surface area contributed by atoms with Crippen molar-refractivity contribution in [3.05, 3.63) is 60.4 Å². The number of piperidine rings is 1. The van der Waals surface area contributed by atoms with Gasteiger partial charge >= 0.3 is 5.97 Å². The second kappa shape index (κ2) is 9.19. The predicted octanol–water partition coefficient (Wildman–Crippen LogP) is 1.85. The van der Waals surface area contributed by atoms with E-state index in [0.717, 1.165) is 29.7 Å². The Bertz CT molecular complexity index is 1130. The van der Waals surface area contributed by atoms with Crippen LogP contribution in [0.25, 0.3) is 11.0 Å². The zero-order valence-corrected chi connectivity index (χ0v) is 17.4. The summed E-state index contributed by atoms with van der Waals surface area (Å²) in [6.45, 7) is 0.720. The molecule has 1 aromatic carbocycles. The minimum atomic E-state index is -1.10. The van der Waals surface area contributed by atoms with Crippen LogP contribution in [-0.2, 0) is 4.79 Å². The zero-order chi connectivity index (χ0) is 22.6. The van der Waals surface area contributed by atoms with Gasteiger partial charge in [0.05, 0.1) is 16.8 Å². The number of aliphatic hydroxyl groups is 1. The number of fused-ring (bicyclic) bond motifs is 1. The van der Waals surface area contributed by atoms with Gasteiger partial charge in [-0.2, -0.15) is 0 Å². The lowest BCUT2D eigenvalue weighted by Gasteiger charge is -2.40. The quantitative estimate of drug-likeness (QED) is 0.513. The number of nitrogens with zero attached hydrogens (tertiary/aromatic N) is 3. The van der Waals surface area contributed by atoms with Crippen LogP contribution in [0, 0.1) is 0 Å². The van der Waals surface area contributed by atoms with Crippen molar-refractivity contribution in [3.8, 4) is 5.75 Å². The van der Waals surface area contributed by atoms with Gasteiger partial charge in [-0.3, -0.25) is 14.8 Å². The Morgan fingerprint density at radius 3 is 2.88 bits per heavy atom. The zero-order valence-electron chi connectivity index (χ0n) is 17.4. The van der Waals surface area contributed by atoms with Gasteiger partial charge in [0.15, 0.2) is 6.61 Å². The Balaban J connectivity index is 1.42. The van der Waals surface area contributed by atoms with Gasteiger partial charge in [-0.25, -0.2) is 4.79 Å². The van der Waals surface area contributed by atoms with Crippen molar-refractivity contribution in [2.45, 2.75) is 18.4 Å². The number of benzene rings is 1. The first-order chi connectivity index (χ1) is 15.4. The maximum Gasteiger partial charge on any atom is 0.341 e. The van der Waals surface area contributed by atoms with E-state index < -0.39 is 18.2 Å². The Hall–Kier alpha value is -3.72. The standard InChI is InChI=1S/C23H24N4O5/c28-20(29)13-32-17-5-1-4-16(12-17)22(30)26-14-23(31)8-3-11-27(15-23)19-7-10-24-18-6-2-9-25-21(18)19/h1-2,4-7,9-10,12,31H,3,8,11,13-15H2,(H,26,30)(H,28,29)/t23-/m0/s1. The summed E-state index contributed by atoms with van der Waals surface area (Å²) >= 11 is 0. The Labute approximate surface area is 184 Å². The first-order valence-electron chi connectivity index (χ1n) is 10.3. The number of pyridine rings is 2. The second-order valence-electron chi connectivity index (χ2n) is 7.84. The topological polar surface area (TPSA) is 125 Å². The molecule has 1 saturated heterocycles. The van der Waals surface area contributed by atoms with E-state index in [2.05, 4.69) is 20.2 Å². The van der Waals surface area contributed by atoms with Crippen molar-refractivity contribution in [1.29, 1.82) is 0 Å². The number of carboxylic acid groups (broad SMARTS) is 1. The Kier molecular flexibility index (Phi) is 6.18. The third kappa shape index (κ3) is 4.94. The molecule has 0 radical (unpaired) electrons. The van der Waals surface area contributed by atoms with Crippen LogP contribution in [0.1, 0.15) is 23.2 Å². The summed E-state index contributed by atoms with van der Waals surface area (Å²) < 4.78 is 5.12. The number of carboxylic acids is 1. The third-order valence-corrected chi connectivity index (χ3v) is 5.41. The number of ether oxygens (including phenoxy) is 1. The fraction of sp³-hybridized carbons (Fsp3) is 0.304. The molecule has 3 aromatic rings. The van der Waals surface area contributed by atoms with Crippen LogP contribution < -0.4 is 15.0 Å². The molecule has 1 atom stereocenters. The van der Waals surface area contributed by atoms with Gasteiger partial charge < -0.3 is 25.2 Å². The Morgan fingerprint density at radius 1 is 1.16 bits per heavy atom. The molecule has 0 spiro atoms. The van der Waals surface area contributed by atoms with E-state index in [1.807, 2.05) is 18.2 Å². The van der Waals surface area contributed by atoms with E-state index in [9.17, 15) is 14.7 Å². The number of aliphatic carboxylic acids is 1. The smallest absolute Gasteiger partial charge is 0.341 e. The number of carbonyl (C=O) groups is 2. The number of aromatic nitrogens is 2. The molecule has 1 aliphatic rings. The molecule has 3 heterocycles. The molecule has 3 N–H and O–H groups in total. The van der Waals surface area contributed by atoms with Gasteiger partial charge in [0, 0.05) is 37.6 Å². The van der Waals surface area contributed by atoms with E-state index in [1.165, 1.54) is 6.07 Å². The van der Waals surface area contributed by atoms with Gasteiger partial charge in [-0.1, -0.05) is 6.07 Å². The molecule has 166 valence electrons. The van der Waals surface area contributed by atoms with Gasteiger partial charge in [-0.15, -0.1) is 0 Å². The minimum absolute atomic E-state index is 0.0823. The molecule has 2 aromatic heterocycles. The highest BCUT2D eigenvalue weighted by atomic mass is 16.5. The van der Waals surface area contributed by atoms with Crippen molar-refractivity contribution >= 4 is 28.6 Å². The number of amides is 1. The molecule has 0 saturated carbocycles. The summed E-state index contributed by atoms with van der Waals surface area (Å²) in [4.78, 5) is 34.2. The minimum Gasteiger partial charge on any atom is -0.482 e. The fourth-order valence-corrected chi connectivity index (χ4v) is 3.90. The van der Waals surface area contributed by atoms with Crippen molar-refractivity contribution in [2.75, 3.05) is 31.1 Å². The number of hydrogen-bond acceptors (Lipinski definition) is 7. The van der Waals surface area contributed by atoms with E-state index >= 15 is 0 Å². The summed E-state index contributed by atoms with van der Waals surface area (Å²) in [7, 11) is 0. The van der Waals surface area contributed by atoms with Crippen LogP contribution >= 0.6 is 0 Å². The summed E-state index contributed by atoms with van der Waals surface area (Å²) in [6.07, 6.45) is 4.77. The fourth-order valence-electron chi connectivity index (χ4n) is 3.90. The number of hydrogen-bond donors (Lipinski definition) is 3. The van der Waals surface area contributed by atoms with Gasteiger partial charge in [0.25, 0.3) is 5.91 Å². The van der Waals surface area contributed by atoms with Crippen molar-refractivity contribution < 1.29 is 24.5 Å². The number of carbonyl (C=O) groups excluding carboxylic acids is 1. The summed E-state index contributed by atoms with van der Waals surface area (Å²) in [5.41, 5.74) is 1.70. The highest BCUT2D eigenvalue weighted by Crippen LogP contribution is 2.29. The average molecular weight is 436 g/mol. The van der Waals surface area contributed by atoms with Crippen LogP contribution in [0.2, 0.25) is 0 Å². The predicted molar refractivity (Wildman–Crippen MR) is 118 cm³/mol. The monoisotopic (exact) mass is 436 g/mol. The van der Waals surface area contributed by atoms with Gasteiger partial charge in [0.1, 0.15) is 11.3 Å². The van der Waals surface area contributed by atoms with E-state index in [-0.39, 0.29) is 12.5 Å². The maximum absolute atomic E-state index is 12.6. The van der Waals surface area contributed by atoms with Crippen LogP contribution in [0.4, 0.5) is 5.69 Å². The second-order valence-corrected chi connectivity index (χ2v) is 7.84. The van der Waals surface area contributed by atoms with E-state index in [4.69, 9.17) is 9.84 Å². The number of anilines is 1. The lowest BCUT2D eigenvalue weighted by Crippen LogP contribution is -2.54. The molecular formula is C23H24N4O5. The number of nitrogens with one attached hydrogen (secondary N) is 1. The third-order valence-electron chi connectivity index (χ3n) is 5.41. The largest absolute Gasteiger partial charge is 0.482 e. The molecule has 9 nitrogen and oxygen atoms in total. The molecule has 1 aliphatic heterocycles. The lowest BCUT2D eigenvalue weighted by atomic mass is 9.92. The van der Waals surface area contributed by atoms with Gasteiger partial charge in [-0.05, 0) is 49.2 Å². The molecule has 0 bridgehead atoms. The van der Waals surface area contributed by atoms with Crippen LogP contribution in [0.15, 0.2) is 54.9 Å². The molecule has 9 heteroatoms. The maximum atomic E-state index is 12.6. The van der Waals surface area contributed by atoms with Crippen molar-refractivity contribution in [3.63, 3.8) is 0 Å². The normalized spacial score (nSPS) is 18.3. The molecule has 1 fully saturated rings. The molecule has 0 aliphatic carbocycles. The highest BCUT2D eigenvalue weighted by molar-refractivity contribution is 5.94. The number of rotatable bonds is 7. The number of β-amino-alcohol motifs (C(OH)–C–C–N with tert-alkyl or cyclic N) is 1. The van der Waals surface area contributed by atoms with E-state index in [0.29, 0.717) is 24.3 Å². The van der Waals surface area contributed by atoms with Gasteiger partial charge in [0.2, 0.25) is 0 Å². The first-order valence-corrected chi connectivity index (χ1v) is 10.3. The molecule has 4 rings (SSSR count). The molecular weight excluding hydrogens is 412 g/mol. The average Bonchev–Trinajstić information content (AvgIpc) is 2.81. The molecule has 0 unspecified atom stereocenters. The molecule has 1 amide bonds. The first kappa shape index (κ1) is 21.5. The van der Waals surface area contributed by atoms with Crippen LogP contribution in [0.3, 0.4) is 0 Å². The summed E-state index contributed by atoms with van der Waals surface area (Å²) in [6, 6.07) is 11.9. The summed E-state index contributed by atoms with van der Waals surface area (Å²) in [5.74, 6) is -1.17. The van der Waals surface area contributed by atoms with E-state index in [1.54, 1.807) is 30.6 Å². The van der Waals surface area contributed by atoms with Crippen molar-refractivity contribution in [2.24, 2.45) is 0 Å². The van der Waals surface area contributed by atoms with Crippen LogP contribution in [-0.4, -0.2) is 63.9 Å². The molecule has 32 heavy (non-hydrogen) atoms. The van der Waals surface area contributed by atoms with Crippen molar-refractivity contribution in [1.82, 2.24) is 15.3 Å². The summed E-state index contributed by atoms with van der Waals surface area (Å²) in [5, 5.41) is 22.7. The lowest BCUT2D eigenvalue weighted by molar-refractivity contribution is -0.139. The highest BCUT2D eigenvalue weighted by Gasteiger charge is 2.34.